The van der Waals surface area contributed by atoms with Crippen molar-refractivity contribution < 1.29 is 14.3 Å². The Morgan fingerprint density at radius 1 is 0.769 bits per heavy atom. The summed E-state index contributed by atoms with van der Waals surface area (Å²) in [5.41, 5.74) is -0.971. The monoisotopic (exact) mass is 358 g/mol. The van der Waals surface area contributed by atoms with Crippen molar-refractivity contribution in [2.75, 3.05) is 0 Å². The van der Waals surface area contributed by atoms with Crippen molar-refractivity contribution in [2.45, 2.75) is 88.3 Å². The van der Waals surface area contributed by atoms with Crippen LogP contribution in [-0.4, -0.2) is 17.4 Å². The zero-order valence-electron chi connectivity index (χ0n) is 16.1. The Balaban J connectivity index is 2.08. The summed E-state index contributed by atoms with van der Waals surface area (Å²) in [5, 5.41) is 0. The van der Waals surface area contributed by atoms with Gasteiger partial charge in [-0.25, -0.2) is 4.79 Å². The summed E-state index contributed by atoms with van der Waals surface area (Å²) in [6.07, 6.45) is 22.6. The quantitative estimate of drug-likeness (QED) is 0.386. The van der Waals surface area contributed by atoms with Gasteiger partial charge in [0.05, 0.1) is 0 Å². The molecule has 3 heteroatoms. The van der Waals surface area contributed by atoms with Crippen molar-refractivity contribution in [3.8, 4) is 0 Å². The molecule has 2 rings (SSSR count). The largest absolute Gasteiger partial charge is 0.509 e. The zero-order valence-corrected chi connectivity index (χ0v) is 16.1. The van der Waals surface area contributed by atoms with E-state index in [9.17, 15) is 4.79 Å². The van der Waals surface area contributed by atoms with Gasteiger partial charge in [0.2, 0.25) is 0 Å². The summed E-state index contributed by atoms with van der Waals surface area (Å²) in [4.78, 5) is 12.8. The molecular weight excluding hydrogens is 324 g/mol. The fourth-order valence-corrected chi connectivity index (χ4v) is 4.09. The number of carbonyl (C=O) groups is 1. The molecule has 0 aromatic carbocycles. The third-order valence-corrected chi connectivity index (χ3v) is 5.51. The molecule has 144 valence electrons. The number of allylic oxidation sites excluding steroid dienone is 4. The highest BCUT2D eigenvalue weighted by molar-refractivity contribution is 5.61. The first kappa shape index (κ1) is 20.5. The van der Waals surface area contributed by atoms with Crippen molar-refractivity contribution in [1.82, 2.24) is 0 Å². The van der Waals surface area contributed by atoms with Crippen LogP contribution in [0.1, 0.15) is 77.0 Å². The van der Waals surface area contributed by atoms with Gasteiger partial charge >= 0.3 is 6.16 Å². The SMILES string of the molecule is C=CCC1(OC(=O)OC2(CC=C)CCC=CCCC2)CCC=CCCC1. The molecule has 0 bridgehead atoms. The third kappa shape index (κ3) is 6.19. The van der Waals surface area contributed by atoms with Crippen molar-refractivity contribution in [1.29, 1.82) is 0 Å². The lowest BCUT2D eigenvalue weighted by molar-refractivity contribution is -0.0912. The lowest BCUT2D eigenvalue weighted by atomic mass is 9.86. The van der Waals surface area contributed by atoms with E-state index in [0.29, 0.717) is 12.8 Å². The average Bonchev–Trinajstić information content (AvgIpc) is 2.55. The lowest BCUT2D eigenvalue weighted by Gasteiger charge is -2.37. The topological polar surface area (TPSA) is 35.5 Å². The van der Waals surface area contributed by atoms with E-state index in [4.69, 9.17) is 9.47 Å². The van der Waals surface area contributed by atoms with Gasteiger partial charge in [-0.2, -0.15) is 0 Å². The molecule has 2 atom stereocenters. The van der Waals surface area contributed by atoms with Gasteiger partial charge in [0.15, 0.2) is 0 Å². The van der Waals surface area contributed by atoms with Crippen LogP contribution in [0.15, 0.2) is 49.6 Å². The average molecular weight is 359 g/mol. The molecule has 2 aliphatic rings. The summed E-state index contributed by atoms with van der Waals surface area (Å²) in [7, 11) is 0. The molecule has 0 spiro atoms. The van der Waals surface area contributed by atoms with Gasteiger partial charge in [-0.15, -0.1) is 13.2 Å². The Morgan fingerprint density at radius 3 is 1.62 bits per heavy atom. The fourth-order valence-electron chi connectivity index (χ4n) is 4.09. The first-order valence-corrected chi connectivity index (χ1v) is 10.1. The molecule has 26 heavy (non-hydrogen) atoms. The first-order valence-electron chi connectivity index (χ1n) is 10.1. The minimum Gasteiger partial charge on any atom is -0.427 e. The smallest absolute Gasteiger partial charge is 0.427 e. The van der Waals surface area contributed by atoms with Crippen LogP contribution in [0.5, 0.6) is 0 Å². The molecule has 0 radical (unpaired) electrons. The second-order valence-corrected chi connectivity index (χ2v) is 7.61. The Kier molecular flexibility index (Phi) is 8.21. The van der Waals surface area contributed by atoms with E-state index >= 15 is 0 Å². The molecule has 3 nitrogen and oxygen atoms in total. The first-order chi connectivity index (χ1) is 12.6. The summed E-state index contributed by atoms with van der Waals surface area (Å²) in [6.45, 7) is 7.74. The molecular formula is C23H34O3. The van der Waals surface area contributed by atoms with Gasteiger partial charge in [0.25, 0.3) is 0 Å². The van der Waals surface area contributed by atoms with E-state index in [1.165, 1.54) is 0 Å². The van der Waals surface area contributed by atoms with E-state index in [1.807, 2.05) is 12.2 Å². The number of hydrogen-bond acceptors (Lipinski definition) is 3. The summed E-state index contributed by atoms with van der Waals surface area (Å²) < 4.78 is 12.0. The second kappa shape index (κ2) is 10.4. The predicted molar refractivity (Wildman–Crippen MR) is 107 cm³/mol. The molecule has 2 aliphatic carbocycles. The Labute approximate surface area is 158 Å². The van der Waals surface area contributed by atoms with E-state index in [0.717, 1.165) is 64.2 Å². The highest BCUT2D eigenvalue weighted by Crippen LogP contribution is 2.35. The molecule has 2 unspecified atom stereocenters. The van der Waals surface area contributed by atoms with Crippen molar-refractivity contribution in [3.63, 3.8) is 0 Å². The number of rotatable bonds is 6. The van der Waals surface area contributed by atoms with Gasteiger partial charge in [0, 0.05) is 12.8 Å². The second-order valence-electron chi connectivity index (χ2n) is 7.61. The van der Waals surface area contributed by atoms with Crippen LogP contribution in [0.4, 0.5) is 4.79 Å². The molecule has 0 amide bonds. The van der Waals surface area contributed by atoms with Crippen LogP contribution >= 0.6 is 0 Å². The molecule has 0 saturated carbocycles. The maximum atomic E-state index is 12.8. The van der Waals surface area contributed by atoms with Gasteiger partial charge in [-0.05, 0) is 64.2 Å². The van der Waals surface area contributed by atoms with Gasteiger partial charge in [0.1, 0.15) is 11.2 Å². The molecule has 0 aliphatic heterocycles. The molecule has 0 aromatic rings. The van der Waals surface area contributed by atoms with Gasteiger partial charge < -0.3 is 9.47 Å². The molecule has 0 saturated heterocycles. The van der Waals surface area contributed by atoms with Crippen molar-refractivity contribution in [2.24, 2.45) is 0 Å². The third-order valence-electron chi connectivity index (χ3n) is 5.51. The van der Waals surface area contributed by atoms with E-state index in [2.05, 4.69) is 37.5 Å². The van der Waals surface area contributed by atoms with Crippen LogP contribution in [0.25, 0.3) is 0 Å². The molecule has 0 fully saturated rings. The molecule has 0 N–H and O–H groups in total. The maximum absolute atomic E-state index is 12.8. The number of carbonyl (C=O) groups excluding carboxylic acids is 1. The Hall–Kier alpha value is -1.77. The van der Waals surface area contributed by atoms with Crippen LogP contribution in [0.3, 0.4) is 0 Å². The number of hydrogen-bond donors (Lipinski definition) is 0. The predicted octanol–water partition coefficient (Wildman–Crippen LogP) is 6.81. The highest BCUT2D eigenvalue weighted by atomic mass is 16.7. The Morgan fingerprint density at radius 2 is 1.19 bits per heavy atom. The number of ether oxygens (including phenoxy) is 2. The van der Waals surface area contributed by atoms with Gasteiger partial charge in [-0.1, -0.05) is 36.5 Å². The Bertz CT molecular complexity index is 488. The fraction of sp³-hybridized carbons (Fsp3) is 0.609. The highest BCUT2D eigenvalue weighted by Gasteiger charge is 2.38. The van der Waals surface area contributed by atoms with E-state index in [1.54, 1.807) is 0 Å². The van der Waals surface area contributed by atoms with E-state index in [-0.39, 0.29) is 0 Å². The summed E-state index contributed by atoms with van der Waals surface area (Å²) >= 11 is 0. The van der Waals surface area contributed by atoms with E-state index < -0.39 is 17.4 Å². The lowest BCUT2D eigenvalue weighted by Crippen LogP contribution is -2.40. The zero-order chi connectivity index (χ0) is 18.7. The van der Waals surface area contributed by atoms with Crippen LogP contribution in [0.2, 0.25) is 0 Å². The van der Waals surface area contributed by atoms with Crippen molar-refractivity contribution in [3.05, 3.63) is 49.6 Å². The normalized spacial score (nSPS) is 29.5. The molecule has 0 heterocycles. The minimum absolute atomic E-state index is 0.486. The van der Waals surface area contributed by atoms with Gasteiger partial charge in [-0.3, -0.25) is 0 Å². The van der Waals surface area contributed by atoms with Crippen LogP contribution in [-0.2, 0) is 9.47 Å². The van der Waals surface area contributed by atoms with Crippen LogP contribution in [0, 0.1) is 0 Å². The van der Waals surface area contributed by atoms with Crippen LogP contribution < -0.4 is 0 Å². The van der Waals surface area contributed by atoms with Crippen molar-refractivity contribution >= 4 is 6.16 Å². The summed E-state index contributed by atoms with van der Waals surface area (Å²) in [6, 6.07) is 0. The standard InChI is InChI=1S/C23H34O3/c1-3-15-22(17-11-7-5-8-12-18-22)25-21(24)26-23(16-4-2)19-13-9-6-10-14-20-23/h3-7,9H,1-2,8,10-20H2. The summed E-state index contributed by atoms with van der Waals surface area (Å²) in [5.74, 6) is 0. The maximum Gasteiger partial charge on any atom is 0.509 e. The minimum atomic E-state index is -0.525. The molecule has 0 aromatic heterocycles.